The van der Waals surface area contributed by atoms with Crippen molar-refractivity contribution in [3.05, 3.63) is 41.4 Å². The molecule has 0 spiro atoms. The van der Waals surface area contributed by atoms with E-state index in [1.165, 1.54) is 11.3 Å². The number of rotatable bonds is 8. The van der Waals surface area contributed by atoms with E-state index in [1.54, 1.807) is 17.3 Å². The Kier molecular flexibility index (Phi) is 6.18. The minimum Gasteiger partial charge on any atom is -0.296 e. The molecular formula is C15H18N4S2. The number of hydrogen-bond acceptors (Lipinski definition) is 6. The van der Waals surface area contributed by atoms with Gasteiger partial charge in [0.25, 0.3) is 0 Å². The Morgan fingerprint density at radius 3 is 2.81 bits per heavy atom. The van der Waals surface area contributed by atoms with Crippen molar-refractivity contribution < 1.29 is 0 Å². The van der Waals surface area contributed by atoms with Crippen molar-refractivity contribution in [1.29, 1.82) is 5.26 Å². The highest BCUT2D eigenvalue weighted by Crippen LogP contribution is 2.29. The van der Waals surface area contributed by atoms with E-state index in [4.69, 9.17) is 0 Å². The minimum absolute atomic E-state index is 0.630. The van der Waals surface area contributed by atoms with Crippen LogP contribution in [0.1, 0.15) is 25.3 Å². The van der Waals surface area contributed by atoms with Crippen LogP contribution in [0.2, 0.25) is 0 Å². The third-order valence-corrected chi connectivity index (χ3v) is 5.04. The van der Waals surface area contributed by atoms with Gasteiger partial charge in [-0.15, -0.1) is 10.2 Å². The molecule has 1 aromatic heterocycles. The molecule has 1 N–H and O–H groups in total. The Morgan fingerprint density at radius 1 is 1.38 bits per heavy atom. The normalized spacial score (nSPS) is 13.5. The molecule has 0 fully saturated rings. The summed E-state index contributed by atoms with van der Waals surface area (Å²) in [7, 11) is 0. The second kappa shape index (κ2) is 8.13. The minimum atomic E-state index is -0.630. The van der Waals surface area contributed by atoms with Gasteiger partial charge in [0.05, 0.1) is 6.07 Å². The van der Waals surface area contributed by atoms with Crippen molar-refractivity contribution in [2.75, 3.05) is 12.3 Å². The lowest BCUT2D eigenvalue weighted by Crippen LogP contribution is -2.42. The highest BCUT2D eigenvalue weighted by molar-refractivity contribution is 8.00. The van der Waals surface area contributed by atoms with Crippen LogP contribution in [0.15, 0.2) is 40.2 Å². The summed E-state index contributed by atoms with van der Waals surface area (Å²) in [6.07, 6.45) is 1.73. The Balaban J connectivity index is 2.09. The molecule has 0 radical (unpaired) electrons. The molecule has 1 heterocycles. The van der Waals surface area contributed by atoms with Crippen LogP contribution in [-0.4, -0.2) is 22.5 Å². The number of hydrogen-bond donors (Lipinski definition) is 1. The molecule has 6 heteroatoms. The van der Waals surface area contributed by atoms with Crippen LogP contribution in [-0.2, 0) is 5.54 Å². The molecule has 0 amide bonds. The molecular weight excluding hydrogens is 300 g/mol. The van der Waals surface area contributed by atoms with Gasteiger partial charge < -0.3 is 0 Å². The molecule has 1 aromatic carbocycles. The zero-order valence-electron chi connectivity index (χ0n) is 12.0. The van der Waals surface area contributed by atoms with Gasteiger partial charge in [-0.1, -0.05) is 60.4 Å². The molecule has 1 unspecified atom stereocenters. The first-order valence-corrected chi connectivity index (χ1v) is 8.78. The van der Waals surface area contributed by atoms with Gasteiger partial charge in [0, 0.05) is 5.75 Å². The standard InChI is InChI=1S/C15H18N4S2/c1-2-9-17-15(11-16,13-6-4-3-5-7-13)8-10-20-14-19-18-12-21-14/h3-7,12,17H,2,8-10H2,1H3. The fourth-order valence-electron chi connectivity index (χ4n) is 2.07. The van der Waals surface area contributed by atoms with Gasteiger partial charge in [-0.25, -0.2) is 0 Å². The van der Waals surface area contributed by atoms with Crippen LogP contribution >= 0.6 is 23.1 Å². The quantitative estimate of drug-likeness (QED) is 0.755. The maximum atomic E-state index is 9.77. The molecule has 0 aliphatic heterocycles. The molecule has 21 heavy (non-hydrogen) atoms. The van der Waals surface area contributed by atoms with Crippen molar-refractivity contribution in [1.82, 2.24) is 15.5 Å². The maximum Gasteiger partial charge on any atom is 0.174 e. The smallest absolute Gasteiger partial charge is 0.174 e. The van der Waals surface area contributed by atoms with E-state index in [-0.39, 0.29) is 0 Å². The molecule has 4 nitrogen and oxygen atoms in total. The summed E-state index contributed by atoms with van der Waals surface area (Å²) < 4.78 is 0.949. The number of benzene rings is 1. The molecule has 0 saturated heterocycles. The van der Waals surface area contributed by atoms with Crippen LogP contribution in [0, 0.1) is 11.3 Å². The van der Waals surface area contributed by atoms with Crippen LogP contribution in [0.5, 0.6) is 0 Å². The van der Waals surface area contributed by atoms with E-state index >= 15 is 0 Å². The number of aromatic nitrogens is 2. The lowest BCUT2D eigenvalue weighted by atomic mass is 9.88. The van der Waals surface area contributed by atoms with E-state index in [1.807, 2.05) is 30.3 Å². The third-order valence-electron chi connectivity index (χ3n) is 3.18. The average Bonchev–Trinajstić information content (AvgIpc) is 3.05. The van der Waals surface area contributed by atoms with Crippen molar-refractivity contribution >= 4 is 23.1 Å². The monoisotopic (exact) mass is 318 g/mol. The molecule has 0 aliphatic rings. The molecule has 0 aliphatic carbocycles. The van der Waals surface area contributed by atoms with Gasteiger partial charge in [-0.2, -0.15) is 5.26 Å². The average molecular weight is 318 g/mol. The summed E-state index contributed by atoms with van der Waals surface area (Å²) in [6.45, 7) is 2.93. The van der Waals surface area contributed by atoms with Gasteiger partial charge in [-0.05, 0) is 24.9 Å². The molecule has 1 atom stereocenters. The van der Waals surface area contributed by atoms with E-state index in [0.29, 0.717) is 0 Å². The summed E-state index contributed by atoms with van der Waals surface area (Å²) >= 11 is 3.18. The van der Waals surface area contributed by atoms with Crippen LogP contribution in [0.3, 0.4) is 0 Å². The van der Waals surface area contributed by atoms with Gasteiger partial charge in [0.15, 0.2) is 4.34 Å². The van der Waals surface area contributed by atoms with E-state index in [0.717, 1.165) is 35.0 Å². The fourth-order valence-corrected chi connectivity index (χ4v) is 3.69. The predicted molar refractivity (Wildman–Crippen MR) is 87.3 cm³/mol. The SMILES string of the molecule is CCCNC(C#N)(CCSc1nncs1)c1ccccc1. The molecule has 2 rings (SSSR count). The van der Waals surface area contributed by atoms with Gasteiger partial charge in [0.1, 0.15) is 11.0 Å². The first kappa shape index (κ1) is 16.0. The number of nitrogens with one attached hydrogen (secondary N) is 1. The highest BCUT2D eigenvalue weighted by atomic mass is 32.2. The summed E-state index contributed by atoms with van der Waals surface area (Å²) in [5, 5.41) is 21.0. The van der Waals surface area contributed by atoms with Crippen LogP contribution in [0.4, 0.5) is 0 Å². The number of nitrogens with zero attached hydrogens (tertiary/aromatic N) is 3. The summed E-state index contributed by atoms with van der Waals surface area (Å²) in [5.41, 5.74) is 2.13. The summed E-state index contributed by atoms with van der Waals surface area (Å²) in [5.74, 6) is 0.828. The second-order valence-electron chi connectivity index (χ2n) is 4.61. The zero-order valence-corrected chi connectivity index (χ0v) is 13.6. The third kappa shape index (κ3) is 4.27. The van der Waals surface area contributed by atoms with Gasteiger partial charge in [0.2, 0.25) is 0 Å². The topological polar surface area (TPSA) is 61.6 Å². The lowest BCUT2D eigenvalue weighted by molar-refractivity contribution is 0.416. The maximum absolute atomic E-state index is 9.77. The van der Waals surface area contributed by atoms with Crippen LogP contribution < -0.4 is 5.32 Å². The van der Waals surface area contributed by atoms with Crippen molar-refractivity contribution in [3.8, 4) is 6.07 Å². The largest absolute Gasteiger partial charge is 0.296 e. The van der Waals surface area contributed by atoms with Gasteiger partial charge >= 0.3 is 0 Å². The predicted octanol–water partition coefficient (Wildman–Crippen LogP) is 3.44. The van der Waals surface area contributed by atoms with Crippen molar-refractivity contribution in [2.45, 2.75) is 29.6 Å². The van der Waals surface area contributed by atoms with Crippen LogP contribution in [0.25, 0.3) is 0 Å². The van der Waals surface area contributed by atoms with Gasteiger partial charge in [-0.3, -0.25) is 5.32 Å². The highest BCUT2D eigenvalue weighted by Gasteiger charge is 2.31. The Morgan fingerprint density at radius 2 is 2.19 bits per heavy atom. The summed E-state index contributed by atoms with van der Waals surface area (Å²) in [6, 6.07) is 12.5. The van der Waals surface area contributed by atoms with E-state index in [2.05, 4.69) is 28.5 Å². The number of thioether (sulfide) groups is 1. The summed E-state index contributed by atoms with van der Waals surface area (Å²) in [4.78, 5) is 0. The second-order valence-corrected chi connectivity index (χ2v) is 6.79. The first-order chi connectivity index (χ1) is 10.3. The Labute approximate surface area is 133 Å². The number of nitriles is 1. The fraction of sp³-hybridized carbons (Fsp3) is 0.400. The Hall–Kier alpha value is -1.42. The lowest BCUT2D eigenvalue weighted by Gasteiger charge is -2.28. The zero-order chi connectivity index (χ0) is 15.0. The van der Waals surface area contributed by atoms with Crippen molar-refractivity contribution in [3.63, 3.8) is 0 Å². The first-order valence-electron chi connectivity index (χ1n) is 6.91. The molecule has 0 bridgehead atoms. The van der Waals surface area contributed by atoms with E-state index in [9.17, 15) is 5.26 Å². The molecule has 0 saturated carbocycles. The van der Waals surface area contributed by atoms with E-state index < -0.39 is 5.54 Å². The molecule has 2 aromatic rings. The molecule has 110 valence electrons. The van der Waals surface area contributed by atoms with Crippen molar-refractivity contribution in [2.24, 2.45) is 0 Å². The Bertz CT molecular complexity index is 565.